The molecule has 0 radical (unpaired) electrons. The molecule has 1 unspecified atom stereocenters. The van der Waals surface area contributed by atoms with Crippen molar-refractivity contribution in [2.75, 3.05) is 11.9 Å². The Kier molecular flexibility index (Phi) is 5.33. The predicted molar refractivity (Wildman–Crippen MR) is 89.7 cm³/mol. The number of hydrogen-bond donors (Lipinski definition) is 1. The highest BCUT2D eigenvalue weighted by atomic mass is 79.9. The molecule has 0 saturated carbocycles. The average Bonchev–Trinajstić information content (AvgIpc) is 2.52. The SMILES string of the molecule is C=CCn1ncc(NCC(C)c2ccccc2)c(Br)c1=O. The van der Waals surface area contributed by atoms with E-state index in [2.05, 4.69) is 52.0 Å². The van der Waals surface area contributed by atoms with Crippen molar-refractivity contribution in [3.05, 3.63) is 69.6 Å². The van der Waals surface area contributed by atoms with E-state index < -0.39 is 0 Å². The first-order chi connectivity index (χ1) is 10.1. The highest BCUT2D eigenvalue weighted by molar-refractivity contribution is 9.10. The number of rotatable bonds is 6. The molecule has 1 N–H and O–H groups in total. The number of allylic oxidation sites excluding steroid dienone is 1. The fourth-order valence-corrected chi connectivity index (χ4v) is 2.45. The van der Waals surface area contributed by atoms with Crippen LogP contribution in [0.3, 0.4) is 0 Å². The second-order valence-electron chi connectivity index (χ2n) is 4.84. The van der Waals surface area contributed by atoms with Crippen molar-refractivity contribution in [1.29, 1.82) is 0 Å². The van der Waals surface area contributed by atoms with Crippen LogP contribution in [0.4, 0.5) is 5.69 Å². The summed E-state index contributed by atoms with van der Waals surface area (Å²) < 4.78 is 1.86. The molecule has 0 aliphatic heterocycles. The molecule has 1 aromatic heterocycles. The van der Waals surface area contributed by atoms with Gasteiger partial charge in [0.2, 0.25) is 0 Å². The van der Waals surface area contributed by atoms with Crippen LogP contribution in [0.15, 0.2) is 58.5 Å². The van der Waals surface area contributed by atoms with Gasteiger partial charge in [0.05, 0.1) is 18.4 Å². The summed E-state index contributed by atoms with van der Waals surface area (Å²) in [7, 11) is 0. The van der Waals surface area contributed by atoms with Crippen molar-refractivity contribution >= 4 is 21.6 Å². The molecule has 0 amide bonds. The minimum atomic E-state index is -0.160. The summed E-state index contributed by atoms with van der Waals surface area (Å²) in [5.74, 6) is 0.341. The monoisotopic (exact) mass is 347 g/mol. The molecule has 110 valence electrons. The van der Waals surface area contributed by atoms with Crippen LogP contribution < -0.4 is 10.9 Å². The lowest BCUT2D eigenvalue weighted by molar-refractivity contribution is 0.648. The number of anilines is 1. The first-order valence-corrected chi connectivity index (χ1v) is 7.58. The third-order valence-electron chi connectivity index (χ3n) is 3.25. The largest absolute Gasteiger partial charge is 0.382 e. The molecule has 1 aromatic carbocycles. The number of hydrogen-bond acceptors (Lipinski definition) is 3. The fraction of sp³-hybridized carbons (Fsp3) is 0.250. The molecule has 0 spiro atoms. The molecule has 0 fully saturated rings. The lowest BCUT2D eigenvalue weighted by Gasteiger charge is -2.15. The predicted octanol–water partition coefficient (Wildman–Crippen LogP) is 3.41. The Morgan fingerprint density at radius 3 is 2.81 bits per heavy atom. The normalized spacial score (nSPS) is 11.9. The van der Waals surface area contributed by atoms with Gasteiger partial charge in [-0.2, -0.15) is 5.10 Å². The van der Waals surface area contributed by atoms with Gasteiger partial charge >= 0.3 is 0 Å². The molecule has 0 aliphatic carbocycles. The quantitative estimate of drug-likeness (QED) is 0.814. The molecule has 1 heterocycles. The Labute approximate surface area is 132 Å². The van der Waals surface area contributed by atoms with E-state index in [1.165, 1.54) is 10.2 Å². The van der Waals surface area contributed by atoms with Crippen LogP contribution >= 0.6 is 15.9 Å². The van der Waals surface area contributed by atoms with E-state index in [0.717, 1.165) is 6.54 Å². The number of aromatic nitrogens is 2. The van der Waals surface area contributed by atoms with E-state index in [-0.39, 0.29) is 5.56 Å². The number of benzene rings is 1. The minimum Gasteiger partial charge on any atom is -0.382 e. The lowest BCUT2D eigenvalue weighted by Crippen LogP contribution is -2.24. The van der Waals surface area contributed by atoms with Gasteiger partial charge in [-0.05, 0) is 27.4 Å². The molecule has 4 nitrogen and oxygen atoms in total. The van der Waals surface area contributed by atoms with E-state index in [0.29, 0.717) is 22.6 Å². The van der Waals surface area contributed by atoms with Gasteiger partial charge in [-0.25, -0.2) is 4.68 Å². The standard InChI is InChI=1S/C16H18BrN3O/c1-3-9-20-16(21)15(17)14(11-19-20)18-10-12(2)13-7-5-4-6-8-13/h3-8,11-12,18H,1,9-10H2,2H3. The van der Waals surface area contributed by atoms with Crippen LogP contribution in [-0.2, 0) is 6.54 Å². The molecule has 2 aromatic rings. The Morgan fingerprint density at radius 1 is 1.43 bits per heavy atom. The Balaban J connectivity index is 2.09. The summed E-state index contributed by atoms with van der Waals surface area (Å²) in [5.41, 5.74) is 1.81. The molecule has 0 bridgehead atoms. The molecule has 0 saturated heterocycles. The summed E-state index contributed by atoms with van der Waals surface area (Å²) in [6.07, 6.45) is 3.30. The van der Waals surface area contributed by atoms with Gasteiger partial charge in [-0.3, -0.25) is 4.79 Å². The molecule has 0 aliphatic rings. The summed E-state index contributed by atoms with van der Waals surface area (Å²) >= 11 is 3.34. The van der Waals surface area contributed by atoms with Gasteiger partial charge in [0.1, 0.15) is 4.47 Å². The van der Waals surface area contributed by atoms with Crippen LogP contribution in [0.5, 0.6) is 0 Å². The van der Waals surface area contributed by atoms with Crippen molar-refractivity contribution in [2.45, 2.75) is 19.4 Å². The molecular weight excluding hydrogens is 330 g/mol. The maximum atomic E-state index is 12.1. The minimum absolute atomic E-state index is 0.160. The van der Waals surface area contributed by atoms with Gasteiger partial charge in [-0.15, -0.1) is 6.58 Å². The van der Waals surface area contributed by atoms with E-state index in [1.54, 1.807) is 12.3 Å². The smallest absolute Gasteiger partial charge is 0.283 e. The van der Waals surface area contributed by atoms with Crippen molar-refractivity contribution in [3.8, 4) is 0 Å². The number of nitrogens with zero attached hydrogens (tertiary/aromatic N) is 2. The van der Waals surface area contributed by atoms with E-state index in [4.69, 9.17) is 0 Å². The highest BCUT2D eigenvalue weighted by Crippen LogP contribution is 2.19. The topological polar surface area (TPSA) is 46.9 Å². The summed E-state index contributed by atoms with van der Waals surface area (Å²) in [4.78, 5) is 12.1. The Hall–Kier alpha value is -1.88. The summed E-state index contributed by atoms with van der Waals surface area (Å²) in [6.45, 7) is 6.89. The van der Waals surface area contributed by atoms with Crippen molar-refractivity contribution < 1.29 is 0 Å². The Morgan fingerprint density at radius 2 is 2.14 bits per heavy atom. The fourth-order valence-electron chi connectivity index (χ4n) is 2.00. The molecule has 5 heteroatoms. The first-order valence-electron chi connectivity index (χ1n) is 6.78. The molecular formula is C16H18BrN3O. The van der Waals surface area contributed by atoms with E-state index in [9.17, 15) is 4.79 Å². The first kappa shape index (κ1) is 15.5. The zero-order valence-electron chi connectivity index (χ0n) is 11.9. The molecule has 2 rings (SSSR count). The van der Waals surface area contributed by atoms with Gasteiger partial charge < -0.3 is 5.32 Å². The highest BCUT2D eigenvalue weighted by Gasteiger charge is 2.10. The van der Waals surface area contributed by atoms with Crippen LogP contribution in [0, 0.1) is 0 Å². The van der Waals surface area contributed by atoms with Crippen molar-refractivity contribution in [3.63, 3.8) is 0 Å². The maximum absolute atomic E-state index is 12.1. The summed E-state index contributed by atoms with van der Waals surface area (Å²) in [6, 6.07) is 10.3. The lowest BCUT2D eigenvalue weighted by atomic mass is 10.0. The number of halogens is 1. The van der Waals surface area contributed by atoms with Gasteiger partial charge in [0.25, 0.3) is 5.56 Å². The average molecular weight is 348 g/mol. The van der Waals surface area contributed by atoms with Crippen LogP contribution in [0.25, 0.3) is 0 Å². The molecule has 1 atom stereocenters. The van der Waals surface area contributed by atoms with Gasteiger partial charge in [0, 0.05) is 6.54 Å². The second kappa shape index (κ2) is 7.22. The third-order valence-corrected chi connectivity index (χ3v) is 4.02. The Bertz CT molecular complexity index is 667. The summed E-state index contributed by atoms with van der Waals surface area (Å²) in [5, 5.41) is 7.39. The van der Waals surface area contributed by atoms with Crippen LogP contribution in [0.1, 0.15) is 18.4 Å². The van der Waals surface area contributed by atoms with Crippen LogP contribution in [0.2, 0.25) is 0 Å². The second-order valence-corrected chi connectivity index (χ2v) is 5.63. The maximum Gasteiger partial charge on any atom is 0.283 e. The third kappa shape index (κ3) is 3.82. The van der Waals surface area contributed by atoms with Gasteiger partial charge in [-0.1, -0.05) is 43.3 Å². The van der Waals surface area contributed by atoms with Crippen LogP contribution in [-0.4, -0.2) is 16.3 Å². The zero-order valence-corrected chi connectivity index (χ0v) is 13.5. The zero-order chi connectivity index (χ0) is 15.2. The van der Waals surface area contributed by atoms with Crippen molar-refractivity contribution in [1.82, 2.24) is 9.78 Å². The molecule has 21 heavy (non-hydrogen) atoms. The van der Waals surface area contributed by atoms with E-state index in [1.807, 2.05) is 18.2 Å². The van der Waals surface area contributed by atoms with Crippen molar-refractivity contribution in [2.24, 2.45) is 0 Å². The number of nitrogens with one attached hydrogen (secondary N) is 1. The van der Waals surface area contributed by atoms with E-state index >= 15 is 0 Å². The van der Waals surface area contributed by atoms with Gasteiger partial charge in [0.15, 0.2) is 0 Å².